The lowest BCUT2D eigenvalue weighted by Gasteiger charge is -2.32. The molecule has 156 valence electrons. The average Bonchev–Trinajstić information content (AvgIpc) is 2.74. The maximum atomic E-state index is 9.89. The van der Waals surface area contributed by atoms with Gasteiger partial charge >= 0.3 is 0 Å². The molecule has 0 spiro atoms. The lowest BCUT2D eigenvalue weighted by molar-refractivity contribution is 0.145. The summed E-state index contributed by atoms with van der Waals surface area (Å²) in [5.41, 5.74) is 3.56. The van der Waals surface area contributed by atoms with E-state index in [-0.39, 0.29) is 6.10 Å². The summed E-state index contributed by atoms with van der Waals surface area (Å²) in [5, 5.41) is 14.7. The van der Waals surface area contributed by atoms with Gasteiger partial charge in [-0.1, -0.05) is 24.3 Å². The van der Waals surface area contributed by atoms with Crippen molar-refractivity contribution in [2.45, 2.75) is 45.3 Å². The topological polar surface area (TPSA) is 51.6 Å². The Bertz CT molecular complexity index is 842. The first-order chi connectivity index (χ1) is 14.2. The molecular weight excluding hydrogens is 360 g/mol. The number of piperidine rings is 1. The number of fused-ring (bicyclic) bond motifs is 1. The van der Waals surface area contributed by atoms with Crippen LogP contribution in [0.4, 0.5) is 5.82 Å². The number of aliphatic hydroxyl groups is 1. The zero-order chi connectivity index (χ0) is 20.1. The van der Waals surface area contributed by atoms with Gasteiger partial charge in [0.25, 0.3) is 0 Å². The number of benzene rings is 1. The van der Waals surface area contributed by atoms with Crippen molar-refractivity contribution >= 4 is 16.7 Å². The molecule has 0 unspecified atom stereocenters. The monoisotopic (exact) mass is 394 g/mol. The van der Waals surface area contributed by atoms with Crippen molar-refractivity contribution in [3.8, 4) is 0 Å². The molecule has 2 aliphatic heterocycles. The number of nitrogens with one attached hydrogen (secondary N) is 1. The van der Waals surface area contributed by atoms with Crippen LogP contribution < -0.4 is 10.2 Å². The Hall–Kier alpha value is -1.95. The molecule has 4 rings (SSSR count). The molecule has 3 heterocycles. The molecule has 1 aromatic heterocycles. The van der Waals surface area contributed by atoms with E-state index in [1.807, 2.05) is 0 Å². The van der Waals surface area contributed by atoms with Crippen molar-refractivity contribution < 1.29 is 5.11 Å². The van der Waals surface area contributed by atoms with Gasteiger partial charge in [0.1, 0.15) is 5.82 Å². The standard InChI is InChI=1S/C24H34N4O/c1-19-6-7-20-17-21(18-25-10-5-13-27-11-3-2-4-12-27)24(26-23(20)16-19)28-14-8-22(29)9-15-28/h2-3,6-7,16-17,22,25,29H,4-5,8-15,18H2,1H3. The molecule has 1 saturated heterocycles. The van der Waals surface area contributed by atoms with Crippen molar-refractivity contribution in [2.75, 3.05) is 44.2 Å². The number of anilines is 1. The highest BCUT2D eigenvalue weighted by molar-refractivity contribution is 5.82. The summed E-state index contributed by atoms with van der Waals surface area (Å²) in [6, 6.07) is 8.80. The van der Waals surface area contributed by atoms with E-state index in [0.717, 1.165) is 63.4 Å². The second kappa shape index (κ2) is 9.70. The molecule has 1 fully saturated rings. The summed E-state index contributed by atoms with van der Waals surface area (Å²) in [7, 11) is 0. The molecule has 5 nitrogen and oxygen atoms in total. The minimum Gasteiger partial charge on any atom is -0.393 e. The molecule has 2 aliphatic rings. The van der Waals surface area contributed by atoms with Crippen LogP contribution in [0.15, 0.2) is 36.4 Å². The summed E-state index contributed by atoms with van der Waals surface area (Å²) in [4.78, 5) is 9.92. The number of hydrogen-bond acceptors (Lipinski definition) is 5. The number of nitrogens with zero attached hydrogens (tertiary/aromatic N) is 3. The van der Waals surface area contributed by atoms with Crippen LogP contribution in [0, 0.1) is 6.92 Å². The van der Waals surface area contributed by atoms with E-state index in [1.165, 1.54) is 35.9 Å². The number of hydrogen-bond donors (Lipinski definition) is 2. The lowest BCUT2D eigenvalue weighted by atomic mass is 10.1. The van der Waals surface area contributed by atoms with Gasteiger partial charge in [0.05, 0.1) is 11.6 Å². The van der Waals surface area contributed by atoms with Gasteiger partial charge < -0.3 is 15.3 Å². The fourth-order valence-electron chi connectivity index (χ4n) is 4.34. The Morgan fingerprint density at radius 2 is 2.00 bits per heavy atom. The van der Waals surface area contributed by atoms with Crippen molar-refractivity contribution in [2.24, 2.45) is 0 Å². The third-order valence-electron chi connectivity index (χ3n) is 6.08. The second-order valence-corrected chi connectivity index (χ2v) is 8.48. The van der Waals surface area contributed by atoms with E-state index in [0.29, 0.717) is 0 Å². The van der Waals surface area contributed by atoms with E-state index < -0.39 is 0 Å². The first kappa shape index (κ1) is 20.3. The Labute approximate surface area is 174 Å². The normalized spacial score (nSPS) is 18.6. The molecule has 2 N–H and O–H groups in total. The van der Waals surface area contributed by atoms with Crippen molar-refractivity contribution in [1.29, 1.82) is 0 Å². The highest BCUT2D eigenvalue weighted by atomic mass is 16.3. The lowest BCUT2D eigenvalue weighted by Crippen LogP contribution is -2.37. The largest absolute Gasteiger partial charge is 0.393 e. The number of rotatable bonds is 7. The fourth-order valence-corrected chi connectivity index (χ4v) is 4.34. The number of aromatic nitrogens is 1. The average molecular weight is 395 g/mol. The molecule has 1 aromatic carbocycles. The SMILES string of the molecule is Cc1ccc2cc(CNCCCN3CC=CCC3)c(N3CCC(O)CC3)nc2c1. The molecule has 0 atom stereocenters. The third kappa shape index (κ3) is 5.35. The van der Waals surface area contributed by atoms with Crippen LogP contribution in [0.2, 0.25) is 0 Å². The van der Waals surface area contributed by atoms with Crippen LogP contribution in [0.3, 0.4) is 0 Å². The Balaban J connectivity index is 1.42. The molecule has 2 aromatic rings. The molecule has 0 radical (unpaired) electrons. The molecule has 29 heavy (non-hydrogen) atoms. The molecule has 0 saturated carbocycles. The van der Waals surface area contributed by atoms with Crippen molar-refractivity contribution in [3.05, 3.63) is 47.5 Å². The van der Waals surface area contributed by atoms with Crippen LogP contribution in [0.5, 0.6) is 0 Å². The Kier molecular flexibility index (Phi) is 6.80. The van der Waals surface area contributed by atoms with E-state index in [9.17, 15) is 5.11 Å². The Morgan fingerprint density at radius 1 is 1.14 bits per heavy atom. The van der Waals surface area contributed by atoms with E-state index in [4.69, 9.17) is 4.98 Å². The van der Waals surface area contributed by atoms with Gasteiger partial charge in [0.2, 0.25) is 0 Å². The molecular formula is C24H34N4O. The maximum Gasteiger partial charge on any atom is 0.133 e. The van der Waals surface area contributed by atoms with Gasteiger partial charge in [0, 0.05) is 43.7 Å². The summed E-state index contributed by atoms with van der Waals surface area (Å²) in [6.45, 7) is 9.17. The first-order valence-corrected chi connectivity index (χ1v) is 11.1. The summed E-state index contributed by atoms with van der Waals surface area (Å²) in [6.07, 6.45) is 8.39. The minimum atomic E-state index is -0.167. The number of aliphatic hydroxyl groups excluding tert-OH is 1. The van der Waals surface area contributed by atoms with E-state index in [2.05, 4.69) is 58.5 Å². The second-order valence-electron chi connectivity index (χ2n) is 8.48. The van der Waals surface area contributed by atoms with Crippen molar-refractivity contribution in [3.63, 3.8) is 0 Å². The van der Waals surface area contributed by atoms with Gasteiger partial charge in [-0.2, -0.15) is 0 Å². The Morgan fingerprint density at radius 3 is 2.79 bits per heavy atom. The third-order valence-corrected chi connectivity index (χ3v) is 6.08. The summed E-state index contributed by atoms with van der Waals surface area (Å²) < 4.78 is 0. The van der Waals surface area contributed by atoms with Gasteiger partial charge in [0.15, 0.2) is 0 Å². The number of aryl methyl sites for hydroxylation is 1. The zero-order valence-electron chi connectivity index (χ0n) is 17.6. The fraction of sp³-hybridized carbons (Fsp3) is 0.542. The van der Waals surface area contributed by atoms with Crippen LogP contribution >= 0.6 is 0 Å². The highest BCUT2D eigenvalue weighted by Crippen LogP contribution is 2.27. The van der Waals surface area contributed by atoms with Gasteiger partial charge in [-0.15, -0.1) is 0 Å². The summed E-state index contributed by atoms with van der Waals surface area (Å²) in [5.74, 6) is 1.09. The van der Waals surface area contributed by atoms with Crippen LogP contribution in [-0.2, 0) is 6.54 Å². The van der Waals surface area contributed by atoms with Gasteiger partial charge in [-0.25, -0.2) is 4.98 Å². The molecule has 0 aliphatic carbocycles. The smallest absolute Gasteiger partial charge is 0.133 e. The predicted molar refractivity (Wildman–Crippen MR) is 120 cm³/mol. The van der Waals surface area contributed by atoms with Crippen LogP contribution in [0.25, 0.3) is 10.9 Å². The molecule has 0 amide bonds. The van der Waals surface area contributed by atoms with E-state index >= 15 is 0 Å². The van der Waals surface area contributed by atoms with E-state index in [1.54, 1.807) is 0 Å². The summed E-state index contributed by atoms with van der Waals surface area (Å²) >= 11 is 0. The van der Waals surface area contributed by atoms with Crippen molar-refractivity contribution in [1.82, 2.24) is 15.2 Å². The molecule has 5 heteroatoms. The highest BCUT2D eigenvalue weighted by Gasteiger charge is 2.21. The van der Waals surface area contributed by atoms with Crippen LogP contribution in [0.1, 0.15) is 36.8 Å². The number of pyridine rings is 1. The van der Waals surface area contributed by atoms with Crippen LogP contribution in [-0.4, -0.2) is 60.4 Å². The quantitative estimate of drug-likeness (QED) is 0.558. The molecule has 0 bridgehead atoms. The minimum absolute atomic E-state index is 0.167. The van der Waals surface area contributed by atoms with Gasteiger partial charge in [-0.05, 0) is 63.4 Å². The first-order valence-electron chi connectivity index (χ1n) is 11.1. The zero-order valence-corrected chi connectivity index (χ0v) is 17.6. The predicted octanol–water partition coefficient (Wildman–Crippen LogP) is 3.25. The van der Waals surface area contributed by atoms with Gasteiger partial charge in [-0.3, -0.25) is 4.90 Å². The maximum absolute atomic E-state index is 9.89.